The molecule has 9 heteroatoms. The van der Waals surface area contributed by atoms with Gasteiger partial charge in [0.2, 0.25) is 0 Å². The average molecular weight is 474 g/mol. The molecule has 1 saturated heterocycles. The van der Waals surface area contributed by atoms with Crippen LogP contribution in [0.5, 0.6) is 0 Å². The first-order valence-corrected chi connectivity index (χ1v) is 8.86. The Hall–Kier alpha value is -1.62. The number of aromatic nitrogens is 3. The molecule has 2 aromatic rings. The van der Waals surface area contributed by atoms with Gasteiger partial charge in [-0.1, -0.05) is 6.92 Å². The Morgan fingerprint density at radius 3 is 2.92 bits per heavy atom. The number of halogens is 1. The molecule has 0 aliphatic carbocycles. The van der Waals surface area contributed by atoms with Crippen LogP contribution < -0.4 is 5.32 Å². The first-order chi connectivity index (χ1) is 12.3. The van der Waals surface area contributed by atoms with E-state index in [1.54, 1.807) is 12.6 Å². The highest BCUT2D eigenvalue weighted by atomic mass is 127. The summed E-state index contributed by atoms with van der Waals surface area (Å²) in [5.41, 5.74) is 0. The highest BCUT2D eigenvalue weighted by Gasteiger charge is 2.20. The van der Waals surface area contributed by atoms with Gasteiger partial charge < -0.3 is 24.3 Å². The fourth-order valence-corrected chi connectivity index (χ4v) is 2.93. The molecular formula is C17H27IN6O2. The standard InChI is InChI=1S/C17H26N6O2.HI/c1-2-16-21-20-13-23(16)10-7-18-17(19-12-15-4-3-11-25-15)22-8-5-14(24)6-9-22;/h3-4,11,13-14,24H,2,5-10,12H2,1H3,(H,18,19);1H. The number of piperidine rings is 1. The van der Waals surface area contributed by atoms with Gasteiger partial charge in [0.05, 0.1) is 12.4 Å². The molecule has 0 amide bonds. The number of hydrogen-bond acceptors (Lipinski definition) is 5. The van der Waals surface area contributed by atoms with Crippen LogP contribution in [-0.2, 0) is 19.5 Å². The fourth-order valence-electron chi connectivity index (χ4n) is 2.93. The van der Waals surface area contributed by atoms with Crippen molar-refractivity contribution in [3.63, 3.8) is 0 Å². The summed E-state index contributed by atoms with van der Waals surface area (Å²) >= 11 is 0. The molecule has 0 aromatic carbocycles. The van der Waals surface area contributed by atoms with Gasteiger partial charge in [-0.25, -0.2) is 4.99 Å². The Balaban J connectivity index is 0.00000243. The van der Waals surface area contributed by atoms with Crippen LogP contribution in [0.25, 0.3) is 0 Å². The molecule has 1 aliphatic rings. The van der Waals surface area contributed by atoms with Crippen molar-refractivity contribution in [2.24, 2.45) is 4.99 Å². The summed E-state index contributed by atoms with van der Waals surface area (Å²) in [4.78, 5) is 6.89. The molecule has 3 rings (SSSR count). The third kappa shape index (κ3) is 5.70. The van der Waals surface area contributed by atoms with E-state index in [1.165, 1.54) is 0 Å². The normalized spacial score (nSPS) is 15.8. The topological polar surface area (TPSA) is 91.7 Å². The molecule has 0 saturated carbocycles. The SMILES string of the molecule is CCc1nncn1CCNC(=NCc1ccco1)N1CCC(O)CC1.I. The van der Waals surface area contributed by atoms with E-state index in [-0.39, 0.29) is 30.1 Å². The van der Waals surface area contributed by atoms with E-state index in [0.29, 0.717) is 6.54 Å². The molecule has 144 valence electrons. The molecule has 3 heterocycles. The second-order valence-electron chi connectivity index (χ2n) is 6.16. The number of aliphatic hydroxyl groups is 1. The maximum atomic E-state index is 9.73. The van der Waals surface area contributed by atoms with Crippen molar-refractivity contribution in [1.82, 2.24) is 25.0 Å². The van der Waals surface area contributed by atoms with Gasteiger partial charge in [0.1, 0.15) is 24.5 Å². The van der Waals surface area contributed by atoms with Gasteiger partial charge in [-0.05, 0) is 25.0 Å². The third-order valence-corrected chi connectivity index (χ3v) is 4.38. The van der Waals surface area contributed by atoms with Crippen LogP contribution in [0.15, 0.2) is 34.1 Å². The largest absolute Gasteiger partial charge is 0.467 e. The van der Waals surface area contributed by atoms with Crippen LogP contribution in [-0.4, -0.2) is 56.5 Å². The van der Waals surface area contributed by atoms with E-state index >= 15 is 0 Å². The maximum Gasteiger partial charge on any atom is 0.194 e. The van der Waals surface area contributed by atoms with E-state index < -0.39 is 0 Å². The van der Waals surface area contributed by atoms with Crippen molar-refractivity contribution in [3.8, 4) is 0 Å². The highest BCUT2D eigenvalue weighted by molar-refractivity contribution is 14.0. The molecule has 2 N–H and O–H groups in total. The molecule has 0 unspecified atom stereocenters. The van der Waals surface area contributed by atoms with E-state index in [9.17, 15) is 5.11 Å². The van der Waals surface area contributed by atoms with Crippen LogP contribution in [0.1, 0.15) is 31.4 Å². The van der Waals surface area contributed by atoms with E-state index in [4.69, 9.17) is 9.41 Å². The Morgan fingerprint density at radius 2 is 2.23 bits per heavy atom. The molecular weight excluding hydrogens is 447 g/mol. The van der Waals surface area contributed by atoms with Gasteiger partial charge in [0.25, 0.3) is 0 Å². The molecule has 2 aromatic heterocycles. The van der Waals surface area contributed by atoms with E-state index in [2.05, 4.69) is 31.9 Å². The number of nitrogens with zero attached hydrogens (tertiary/aromatic N) is 5. The van der Waals surface area contributed by atoms with E-state index in [1.807, 2.05) is 12.1 Å². The highest BCUT2D eigenvalue weighted by Crippen LogP contribution is 2.11. The van der Waals surface area contributed by atoms with Crippen LogP contribution >= 0.6 is 24.0 Å². The zero-order chi connectivity index (χ0) is 17.5. The van der Waals surface area contributed by atoms with Gasteiger partial charge in [0.15, 0.2) is 5.96 Å². The van der Waals surface area contributed by atoms with Crippen LogP contribution in [0.4, 0.5) is 0 Å². The molecule has 8 nitrogen and oxygen atoms in total. The predicted octanol–water partition coefficient (Wildman–Crippen LogP) is 1.65. The van der Waals surface area contributed by atoms with Crippen molar-refractivity contribution in [1.29, 1.82) is 0 Å². The monoisotopic (exact) mass is 474 g/mol. The Kier molecular flexibility index (Phi) is 8.36. The van der Waals surface area contributed by atoms with E-state index in [0.717, 1.165) is 63.0 Å². The number of aliphatic imine (C=N–C) groups is 1. The Labute approximate surface area is 170 Å². The molecule has 1 aliphatic heterocycles. The lowest BCUT2D eigenvalue weighted by atomic mass is 10.1. The van der Waals surface area contributed by atoms with Gasteiger partial charge >= 0.3 is 0 Å². The van der Waals surface area contributed by atoms with Crippen molar-refractivity contribution < 1.29 is 9.52 Å². The smallest absolute Gasteiger partial charge is 0.194 e. The molecule has 0 radical (unpaired) electrons. The lowest BCUT2D eigenvalue weighted by molar-refractivity contribution is 0.108. The molecule has 1 fully saturated rings. The summed E-state index contributed by atoms with van der Waals surface area (Å²) in [6.45, 7) is 5.70. The predicted molar refractivity (Wildman–Crippen MR) is 109 cm³/mol. The maximum absolute atomic E-state index is 9.73. The van der Waals surface area contributed by atoms with Crippen molar-refractivity contribution in [2.75, 3.05) is 19.6 Å². The number of nitrogens with one attached hydrogen (secondary N) is 1. The van der Waals surface area contributed by atoms with Crippen molar-refractivity contribution >= 4 is 29.9 Å². The zero-order valence-electron chi connectivity index (χ0n) is 15.0. The number of aliphatic hydroxyl groups excluding tert-OH is 1. The summed E-state index contributed by atoms with van der Waals surface area (Å²) < 4.78 is 7.42. The van der Waals surface area contributed by atoms with Gasteiger partial charge in [-0.15, -0.1) is 34.2 Å². The third-order valence-electron chi connectivity index (χ3n) is 4.38. The summed E-state index contributed by atoms with van der Waals surface area (Å²) in [6, 6.07) is 3.79. The van der Waals surface area contributed by atoms with Crippen LogP contribution in [0.2, 0.25) is 0 Å². The lowest BCUT2D eigenvalue weighted by Gasteiger charge is -2.32. The quantitative estimate of drug-likeness (QED) is 0.376. The number of aryl methyl sites for hydroxylation is 1. The summed E-state index contributed by atoms with van der Waals surface area (Å²) in [5, 5.41) is 21.2. The number of hydrogen-bond donors (Lipinski definition) is 2. The number of likely N-dealkylation sites (tertiary alicyclic amines) is 1. The first-order valence-electron chi connectivity index (χ1n) is 8.86. The van der Waals surface area contributed by atoms with Gasteiger partial charge in [0, 0.05) is 32.6 Å². The second-order valence-corrected chi connectivity index (χ2v) is 6.16. The zero-order valence-corrected chi connectivity index (χ0v) is 17.4. The number of rotatable bonds is 6. The number of guanidine groups is 1. The summed E-state index contributed by atoms with van der Waals surface area (Å²) in [5.74, 6) is 2.68. The second kappa shape index (κ2) is 10.5. The molecule has 0 spiro atoms. The minimum Gasteiger partial charge on any atom is -0.467 e. The average Bonchev–Trinajstić information content (AvgIpc) is 3.30. The number of furan rings is 1. The summed E-state index contributed by atoms with van der Waals surface area (Å²) in [6.07, 6.45) is 5.63. The van der Waals surface area contributed by atoms with Crippen LogP contribution in [0, 0.1) is 0 Å². The Bertz CT molecular complexity index is 665. The van der Waals surface area contributed by atoms with Crippen molar-refractivity contribution in [3.05, 3.63) is 36.3 Å². The van der Waals surface area contributed by atoms with Crippen LogP contribution in [0.3, 0.4) is 0 Å². The summed E-state index contributed by atoms with van der Waals surface area (Å²) in [7, 11) is 0. The minimum atomic E-state index is -0.202. The lowest BCUT2D eigenvalue weighted by Crippen LogP contribution is -2.47. The minimum absolute atomic E-state index is 0. The molecule has 0 bridgehead atoms. The Morgan fingerprint density at radius 1 is 1.42 bits per heavy atom. The first kappa shape index (κ1) is 20.7. The van der Waals surface area contributed by atoms with Gasteiger partial charge in [-0.3, -0.25) is 0 Å². The van der Waals surface area contributed by atoms with Crippen molar-refractivity contribution in [2.45, 2.75) is 45.4 Å². The molecule has 0 atom stereocenters. The van der Waals surface area contributed by atoms with Gasteiger partial charge in [-0.2, -0.15) is 0 Å². The fraction of sp³-hybridized carbons (Fsp3) is 0.588. The molecule has 26 heavy (non-hydrogen) atoms.